The number of nitrogens with zero attached hydrogens (tertiary/aromatic N) is 2. The molecule has 0 aromatic carbocycles. The lowest BCUT2D eigenvalue weighted by molar-refractivity contribution is 0.171. The van der Waals surface area contributed by atoms with Crippen molar-refractivity contribution in [1.82, 2.24) is 3.11 Å². The molecular formula is C12H21IN2. The van der Waals surface area contributed by atoms with Crippen LogP contribution in [0.3, 0.4) is 0 Å². The van der Waals surface area contributed by atoms with E-state index in [1.807, 2.05) is 7.05 Å². The van der Waals surface area contributed by atoms with E-state index in [1.165, 1.54) is 51.6 Å². The fraction of sp³-hybridized carbons (Fsp3) is 0.917. The second-order valence-electron chi connectivity index (χ2n) is 5.01. The topological polar surface area (TPSA) is 15.6 Å². The van der Waals surface area contributed by atoms with Crippen LogP contribution >= 0.6 is 22.9 Å². The van der Waals surface area contributed by atoms with E-state index in [2.05, 4.69) is 37.2 Å². The van der Waals surface area contributed by atoms with Crippen LogP contribution in [0.25, 0.3) is 0 Å². The maximum atomic E-state index is 4.36. The number of rotatable bonds is 2. The van der Waals surface area contributed by atoms with Gasteiger partial charge >= 0.3 is 0 Å². The van der Waals surface area contributed by atoms with Crippen molar-refractivity contribution >= 4 is 29.1 Å². The lowest BCUT2D eigenvalue weighted by atomic mass is 9.69. The van der Waals surface area contributed by atoms with E-state index >= 15 is 0 Å². The Morgan fingerprint density at radius 3 is 2.40 bits per heavy atom. The molecule has 0 N–H and O–H groups in total. The first-order valence-corrected chi connectivity index (χ1v) is 7.07. The van der Waals surface area contributed by atoms with Gasteiger partial charge in [0.05, 0.1) is 0 Å². The highest BCUT2D eigenvalue weighted by molar-refractivity contribution is 14.1. The number of piperidine rings is 1. The highest BCUT2D eigenvalue weighted by atomic mass is 127. The molecule has 2 nitrogen and oxygen atoms in total. The van der Waals surface area contributed by atoms with E-state index in [4.69, 9.17) is 0 Å². The molecule has 0 spiro atoms. The van der Waals surface area contributed by atoms with Crippen molar-refractivity contribution in [3.05, 3.63) is 0 Å². The van der Waals surface area contributed by atoms with Crippen LogP contribution in [0.4, 0.5) is 0 Å². The second kappa shape index (κ2) is 5.13. The summed E-state index contributed by atoms with van der Waals surface area (Å²) in [6, 6.07) is 0. The van der Waals surface area contributed by atoms with E-state index in [-0.39, 0.29) is 0 Å². The third kappa shape index (κ3) is 2.54. The van der Waals surface area contributed by atoms with Crippen molar-refractivity contribution in [2.24, 2.45) is 16.3 Å². The normalized spacial score (nSPS) is 28.9. The summed E-state index contributed by atoms with van der Waals surface area (Å²) in [5, 5.41) is 0. The lowest BCUT2D eigenvalue weighted by Gasteiger charge is -2.41. The number of halogens is 1. The van der Waals surface area contributed by atoms with Crippen molar-refractivity contribution in [2.75, 3.05) is 20.1 Å². The number of aliphatic imine (C=N–C) groups is 1. The maximum absolute atomic E-state index is 4.36. The predicted molar refractivity (Wildman–Crippen MR) is 73.6 cm³/mol. The van der Waals surface area contributed by atoms with Gasteiger partial charge in [0.15, 0.2) is 0 Å². The van der Waals surface area contributed by atoms with E-state index in [0.717, 1.165) is 5.92 Å². The lowest BCUT2D eigenvalue weighted by Crippen LogP contribution is -2.41. The fourth-order valence-corrected chi connectivity index (χ4v) is 3.78. The van der Waals surface area contributed by atoms with Crippen LogP contribution in [-0.4, -0.2) is 29.5 Å². The number of hydrogen-bond acceptors (Lipinski definition) is 2. The first-order chi connectivity index (χ1) is 7.27. The van der Waals surface area contributed by atoms with E-state index < -0.39 is 0 Å². The Morgan fingerprint density at radius 2 is 1.87 bits per heavy atom. The predicted octanol–water partition coefficient (Wildman–Crippen LogP) is 3.31. The summed E-state index contributed by atoms with van der Waals surface area (Å²) >= 11 is 2.45. The van der Waals surface area contributed by atoms with Gasteiger partial charge in [-0.15, -0.1) is 0 Å². The average molecular weight is 320 g/mol. The molecule has 1 saturated carbocycles. The summed E-state index contributed by atoms with van der Waals surface area (Å²) in [4.78, 5) is 4.36. The molecule has 15 heavy (non-hydrogen) atoms. The van der Waals surface area contributed by atoms with Gasteiger partial charge in [-0.3, -0.25) is 0 Å². The van der Waals surface area contributed by atoms with Gasteiger partial charge < -0.3 is 4.99 Å². The molecule has 0 unspecified atom stereocenters. The van der Waals surface area contributed by atoms with Crippen LogP contribution in [0, 0.1) is 11.3 Å². The zero-order valence-corrected chi connectivity index (χ0v) is 11.7. The third-order valence-corrected chi connectivity index (χ3v) is 5.16. The first-order valence-electron chi connectivity index (χ1n) is 6.11. The van der Waals surface area contributed by atoms with Crippen molar-refractivity contribution < 1.29 is 0 Å². The first kappa shape index (κ1) is 11.8. The Labute approximate surface area is 107 Å². The molecule has 3 heteroatoms. The Hall–Kier alpha value is 0.360. The van der Waals surface area contributed by atoms with Gasteiger partial charge in [-0.1, -0.05) is 12.8 Å². The Morgan fingerprint density at radius 1 is 1.27 bits per heavy atom. The summed E-state index contributed by atoms with van der Waals surface area (Å²) in [6.07, 6.45) is 10.7. The molecule has 0 amide bonds. The van der Waals surface area contributed by atoms with Crippen molar-refractivity contribution in [3.8, 4) is 0 Å². The van der Waals surface area contributed by atoms with Crippen molar-refractivity contribution in [3.63, 3.8) is 0 Å². The Bertz CT molecular complexity index is 226. The third-order valence-electron chi connectivity index (χ3n) is 4.19. The van der Waals surface area contributed by atoms with Gasteiger partial charge in [0.2, 0.25) is 0 Å². The summed E-state index contributed by atoms with van der Waals surface area (Å²) < 4.78 is 2.43. The minimum Gasteiger partial charge on any atom is -0.300 e. The molecule has 1 saturated heterocycles. The highest BCUT2D eigenvalue weighted by Gasteiger charge is 2.40. The minimum atomic E-state index is 0.451. The van der Waals surface area contributed by atoms with Crippen molar-refractivity contribution in [1.29, 1.82) is 0 Å². The Kier molecular flexibility index (Phi) is 4.04. The molecule has 2 aliphatic rings. The van der Waals surface area contributed by atoms with E-state index in [0.29, 0.717) is 5.41 Å². The molecule has 0 bridgehead atoms. The molecular weight excluding hydrogens is 299 g/mol. The highest BCUT2D eigenvalue weighted by Crippen LogP contribution is 2.45. The van der Waals surface area contributed by atoms with Crippen molar-refractivity contribution in [2.45, 2.75) is 38.5 Å². The van der Waals surface area contributed by atoms with Crippen LogP contribution in [0.2, 0.25) is 0 Å². The summed E-state index contributed by atoms with van der Waals surface area (Å²) in [6.45, 7) is 2.48. The summed E-state index contributed by atoms with van der Waals surface area (Å²) in [5.74, 6) is 0.922. The molecule has 1 aliphatic carbocycles. The number of hydrogen-bond donors (Lipinski definition) is 0. The fourth-order valence-electron chi connectivity index (χ4n) is 3.30. The van der Waals surface area contributed by atoms with Gasteiger partial charge in [-0.2, -0.15) is 0 Å². The van der Waals surface area contributed by atoms with Crippen LogP contribution in [0.1, 0.15) is 38.5 Å². The molecule has 0 radical (unpaired) electrons. The largest absolute Gasteiger partial charge is 0.300 e. The second-order valence-corrected chi connectivity index (χ2v) is 6.38. The SMILES string of the molecule is CN=CC1(C2CCCC2)CCN(I)CC1. The monoisotopic (exact) mass is 320 g/mol. The summed E-state index contributed by atoms with van der Waals surface area (Å²) in [7, 11) is 1.94. The standard InChI is InChI=1S/C12H21IN2/c1-14-10-12(11-4-2-3-5-11)6-8-15(13)9-7-12/h10-11H,2-9H2,1H3. The van der Waals surface area contributed by atoms with Gasteiger partial charge in [0, 0.05) is 54.6 Å². The van der Waals surface area contributed by atoms with Gasteiger partial charge in [0.1, 0.15) is 0 Å². The quantitative estimate of drug-likeness (QED) is 0.433. The molecule has 1 aliphatic heterocycles. The molecule has 2 fully saturated rings. The maximum Gasteiger partial charge on any atom is 0.0273 e. The van der Waals surface area contributed by atoms with Crippen LogP contribution in [-0.2, 0) is 0 Å². The zero-order chi connectivity index (χ0) is 10.7. The zero-order valence-electron chi connectivity index (χ0n) is 9.58. The molecule has 0 aromatic rings. The van der Waals surface area contributed by atoms with Crippen LogP contribution in [0.5, 0.6) is 0 Å². The molecule has 2 rings (SSSR count). The minimum absolute atomic E-state index is 0.451. The summed E-state index contributed by atoms with van der Waals surface area (Å²) in [5.41, 5.74) is 0.451. The molecule has 86 valence electrons. The van der Waals surface area contributed by atoms with Gasteiger partial charge in [0.25, 0.3) is 0 Å². The van der Waals surface area contributed by atoms with Crippen LogP contribution < -0.4 is 0 Å². The average Bonchev–Trinajstić information content (AvgIpc) is 2.76. The molecule has 1 heterocycles. The molecule has 0 atom stereocenters. The van der Waals surface area contributed by atoms with E-state index in [9.17, 15) is 0 Å². The van der Waals surface area contributed by atoms with Crippen LogP contribution in [0.15, 0.2) is 4.99 Å². The van der Waals surface area contributed by atoms with Gasteiger partial charge in [-0.25, -0.2) is 3.11 Å². The van der Waals surface area contributed by atoms with Gasteiger partial charge in [-0.05, 0) is 31.6 Å². The Balaban J connectivity index is 2.09. The van der Waals surface area contributed by atoms with E-state index in [1.54, 1.807) is 0 Å². The molecule has 0 aromatic heterocycles. The smallest absolute Gasteiger partial charge is 0.0273 e.